The third kappa shape index (κ3) is 3.19. The Bertz CT molecular complexity index is 506. The second-order valence-electron chi connectivity index (χ2n) is 5.13. The van der Waals surface area contributed by atoms with Gasteiger partial charge in [0.2, 0.25) is 5.91 Å². The molecule has 1 heterocycles. The molecule has 0 aromatic heterocycles. The summed E-state index contributed by atoms with van der Waals surface area (Å²) in [6.45, 7) is 2.78. The Morgan fingerprint density at radius 1 is 1.65 bits per heavy atom. The number of primary amides is 1. The zero-order valence-corrected chi connectivity index (χ0v) is 12.9. The van der Waals surface area contributed by atoms with Crippen LogP contribution in [0.1, 0.15) is 25.3 Å². The minimum atomic E-state index is -1.26. The minimum absolute atomic E-state index is 0.0453. The molecule has 0 aliphatic carbocycles. The molecule has 1 aliphatic rings. The highest BCUT2D eigenvalue weighted by molar-refractivity contribution is 9.10. The van der Waals surface area contributed by atoms with E-state index < -0.39 is 17.3 Å². The van der Waals surface area contributed by atoms with Crippen molar-refractivity contribution in [1.82, 2.24) is 5.32 Å². The fourth-order valence-electron chi connectivity index (χ4n) is 2.32. The maximum atomic E-state index is 14.0. The Morgan fingerprint density at radius 3 is 3.00 bits per heavy atom. The van der Waals surface area contributed by atoms with E-state index in [4.69, 9.17) is 10.5 Å². The van der Waals surface area contributed by atoms with Crippen molar-refractivity contribution in [3.63, 3.8) is 0 Å². The van der Waals surface area contributed by atoms with Gasteiger partial charge in [-0.3, -0.25) is 10.1 Å². The highest BCUT2D eigenvalue weighted by Crippen LogP contribution is 2.27. The number of rotatable bonds is 5. The summed E-state index contributed by atoms with van der Waals surface area (Å²) in [5.74, 6) is -1.08. The van der Waals surface area contributed by atoms with Gasteiger partial charge in [0.05, 0.1) is 6.10 Å². The third-order valence-corrected chi connectivity index (χ3v) is 4.16. The van der Waals surface area contributed by atoms with E-state index in [9.17, 15) is 9.18 Å². The van der Waals surface area contributed by atoms with Gasteiger partial charge in [0.15, 0.2) is 0 Å². The molecule has 3 N–H and O–H groups in total. The zero-order chi connectivity index (χ0) is 14.8. The highest BCUT2D eigenvalue weighted by atomic mass is 79.9. The molecule has 0 saturated carbocycles. The van der Waals surface area contributed by atoms with Crippen LogP contribution < -0.4 is 11.1 Å². The molecule has 4 nitrogen and oxygen atoms in total. The Morgan fingerprint density at radius 2 is 2.40 bits per heavy atom. The molecule has 2 unspecified atom stereocenters. The van der Waals surface area contributed by atoms with E-state index >= 15 is 0 Å². The number of carbonyl (C=O) groups is 1. The second kappa shape index (κ2) is 6.20. The predicted octanol–water partition coefficient (Wildman–Crippen LogP) is 2.06. The SMILES string of the molecule is CC(NCC1CCCO1)(C(N)=O)c1cc(Br)ccc1F. The van der Waals surface area contributed by atoms with Gasteiger partial charge in [-0.1, -0.05) is 15.9 Å². The van der Waals surface area contributed by atoms with E-state index in [1.807, 2.05) is 0 Å². The van der Waals surface area contributed by atoms with Crippen molar-refractivity contribution in [1.29, 1.82) is 0 Å². The summed E-state index contributed by atoms with van der Waals surface area (Å²) in [4.78, 5) is 11.8. The fraction of sp³-hybridized carbons (Fsp3) is 0.500. The largest absolute Gasteiger partial charge is 0.377 e. The third-order valence-electron chi connectivity index (χ3n) is 3.67. The standard InChI is InChI=1S/C14H18BrFN2O2/c1-14(13(17)19,18-8-10-3-2-6-20-10)11-7-9(15)4-5-12(11)16/h4-5,7,10,18H,2-3,6,8H2,1H3,(H2,17,19). The average Bonchev–Trinajstić information content (AvgIpc) is 2.92. The molecule has 1 saturated heterocycles. The number of amides is 1. The van der Waals surface area contributed by atoms with Crippen LogP contribution in [0.3, 0.4) is 0 Å². The first-order valence-corrected chi connectivity index (χ1v) is 7.35. The van der Waals surface area contributed by atoms with Gasteiger partial charge in [0.1, 0.15) is 11.4 Å². The van der Waals surface area contributed by atoms with Crippen LogP contribution in [0.5, 0.6) is 0 Å². The molecule has 1 aliphatic heterocycles. The lowest BCUT2D eigenvalue weighted by atomic mass is 9.90. The van der Waals surface area contributed by atoms with Crippen molar-refractivity contribution in [3.05, 3.63) is 34.1 Å². The number of halogens is 2. The lowest BCUT2D eigenvalue weighted by molar-refractivity contribution is -0.124. The first-order chi connectivity index (χ1) is 9.43. The normalized spacial score (nSPS) is 21.6. The lowest BCUT2D eigenvalue weighted by Crippen LogP contribution is -2.52. The average molecular weight is 345 g/mol. The van der Waals surface area contributed by atoms with Crippen molar-refractivity contribution >= 4 is 21.8 Å². The minimum Gasteiger partial charge on any atom is -0.377 e. The Hall–Kier alpha value is -0.980. The van der Waals surface area contributed by atoms with E-state index in [0.717, 1.165) is 19.4 Å². The molecule has 110 valence electrons. The molecule has 2 atom stereocenters. The van der Waals surface area contributed by atoms with Crippen LogP contribution in [0.15, 0.2) is 22.7 Å². The van der Waals surface area contributed by atoms with Crippen LogP contribution in [0, 0.1) is 5.82 Å². The van der Waals surface area contributed by atoms with Crippen LogP contribution in [-0.2, 0) is 15.1 Å². The van der Waals surface area contributed by atoms with Crippen molar-refractivity contribution in [2.24, 2.45) is 5.73 Å². The zero-order valence-electron chi connectivity index (χ0n) is 11.3. The Balaban J connectivity index is 2.23. The predicted molar refractivity (Wildman–Crippen MR) is 77.6 cm³/mol. The summed E-state index contributed by atoms with van der Waals surface area (Å²) in [6, 6.07) is 4.47. The first kappa shape index (κ1) is 15.4. The monoisotopic (exact) mass is 344 g/mol. The van der Waals surface area contributed by atoms with Crippen LogP contribution in [0.2, 0.25) is 0 Å². The smallest absolute Gasteiger partial charge is 0.242 e. The maximum absolute atomic E-state index is 14.0. The van der Waals surface area contributed by atoms with Gasteiger partial charge in [0, 0.05) is 23.2 Å². The molecule has 6 heteroatoms. The summed E-state index contributed by atoms with van der Waals surface area (Å²) >= 11 is 3.28. The van der Waals surface area contributed by atoms with Crippen LogP contribution in [-0.4, -0.2) is 25.2 Å². The molecule has 1 amide bonds. The van der Waals surface area contributed by atoms with Crippen LogP contribution >= 0.6 is 15.9 Å². The summed E-state index contributed by atoms with van der Waals surface area (Å²) in [5, 5.41) is 3.06. The summed E-state index contributed by atoms with van der Waals surface area (Å²) in [5.41, 5.74) is 4.45. The second-order valence-corrected chi connectivity index (χ2v) is 6.05. The van der Waals surface area contributed by atoms with E-state index in [1.54, 1.807) is 19.1 Å². The van der Waals surface area contributed by atoms with Crippen molar-refractivity contribution < 1.29 is 13.9 Å². The van der Waals surface area contributed by atoms with Crippen molar-refractivity contribution in [2.45, 2.75) is 31.4 Å². The fourth-order valence-corrected chi connectivity index (χ4v) is 2.68. The van der Waals surface area contributed by atoms with E-state index in [1.165, 1.54) is 6.07 Å². The van der Waals surface area contributed by atoms with Gasteiger partial charge in [-0.15, -0.1) is 0 Å². The number of nitrogens with one attached hydrogen (secondary N) is 1. The van der Waals surface area contributed by atoms with E-state index in [-0.39, 0.29) is 11.7 Å². The van der Waals surface area contributed by atoms with Crippen molar-refractivity contribution in [3.8, 4) is 0 Å². The molecule has 2 rings (SSSR count). The van der Waals surface area contributed by atoms with Crippen LogP contribution in [0.4, 0.5) is 4.39 Å². The molecule has 1 fully saturated rings. The molecule has 20 heavy (non-hydrogen) atoms. The number of benzene rings is 1. The maximum Gasteiger partial charge on any atom is 0.242 e. The number of nitrogens with two attached hydrogens (primary N) is 1. The number of hydrogen-bond acceptors (Lipinski definition) is 3. The van der Waals surface area contributed by atoms with E-state index in [0.29, 0.717) is 11.0 Å². The molecule has 0 radical (unpaired) electrons. The van der Waals surface area contributed by atoms with Gasteiger partial charge in [-0.2, -0.15) is 0 Å². The molecule has 0 bridgehead atoms. The topological polar surface area (TPSA) is 64.3 Å². The number of ether oxygens (including phenoxy) is 1. The number of carbonyl (C=O) groups excluding carboxylic acids is 1. The Kier molecular flexibility index (Phi) is 4.78. The number of hydrogen-bond donors (Lipinski definition) is 2. The van der Waals surface area contributed by atoms with E-state index in [2.05, 4.69) is 21.2 Å². The molecule has 1 aromatic rings. The van der Waals surface area contributed by atoms with Gasteiger partial charge in [-0.25, -0.2) is 4.39 Å². The van der Waals surface area contributed by atoms with Gasteiger partial charge in [-0.05, 0) is 38.0 Å². The van der Waals surface area contributed by atoms with Crippen LogP contribution in [0.25, 0.3) is 0 Å². The first-order valence-electron chi connectivity index (χ1n) is 6.55. The molecule has 1 aromatic carbocycles. The summed E-state index contributed by atoms with van der Waals surface area (Å²) in [7, 11) is 0. The van der Waals surface area contributed by atoms with Gasteiger partial charge >= 0.3 is 0 Å². The van der Waals surface area contributed by atoms with Gasteiger partial charge < -0.3 is 10.5 Å². The summed E-state index contributed by atoms with van der Waals surface area (Å²) < 4.78 is 20.2. The lowest BCUT2D eigenvalue weighted by Gasteiger charge is -2.30. The van der Waals surface area contributed by atoms with Gasteiger partial charge in [0.25, 0.3) is 0 Å². The highest BCUT2D eigenvalue weighted by Gasteiger charge is 2.36. The molecule has 0 spiro atoms. The summed E-state index contributed by atoms with van der Waals surface area (Å²) in [6.07, 6.45) is 1.98. The van der Waals surface area contributed by atoms with Crippen molar-refractivity contribution in [2.75, 3.05) is 13.2 Å². The molecular weight excluding hydrogens is 327 g/mol. The Labute approximate surface area is 126 Å². The molecular formula is C14H18BrFN2O2. The quantitative estimate of drug-likeness (QED) is 0.859.